The number of benzene rings is 2. The molecule has 2 unspecified atom stereocenters. The lowest BCUT2D eigenvalue weighted by Gasteiger charge is -2.33. The molecule has 3 rings (SSSR count). The first-order valence-electron chi connectivity index (χ1n) is 7.37. The van der Waals surface area contributed by atoms with Gasteiger partial charge in [0.05, 0.1) is 0 Å². The minimum absolute atomic E-state index is 0.480. The lowest BCUT2D eigenvalue weighted by atomic mass is 9.77. The van der Waals surface area contributed by atoms with Crippen molar-refractivity contribution in [1.82, 2.24) is 5.32 Å². The molecule has 0 aliphatic carbocycles. The van der Waals surface area contributed by atoms with Crippen molar-refractivity contribution in [2.75, 3.05) is 13.1 Å². The van der Waals surface area contributed by atoms with Crippen LogP contribution in [0.15, 0.2) is 46.9 Å². The van der Waals surface area contributed by atoms with Gasteiger partial charge in [-0.2, -0.15) is 0 Å². The normalized spacial score (nSPS) is 22.2. The van der Waals surface area contributed by atoms with Crippen molar-refractivity contribution in [2.45, 2.75) is 25.2 Å². The molecule has 0 aromatic heterocycles. The third-order valence-corrected chi connectivity index (χ3v) is 5.13. The molecule has 21 heavy (non-hydrogen) atoms. The summed E-state index contributed by atoms with van der Waals surface area (Å²) in [6.07, 6.45) is 1.12. The zero-order valence-corrected chi connectivity index (χ0v) is 14.4. The second-order valence-electron chi connectivity index (χ2n) is 5.79. The van der Waals surface area contributed by atoms with E-state index in [1.54, 1.807) is 0 Å². The van der Waals surface area contributed by atoms with Gasteiger partial charge in [-0.3, -0.25) is 0 Å². The van der Waals surface area contributed by atoms with Gasteiger partial charge >= 0.3 is 0 Å². The summed E-state index contributed by atoms with van der Waals surface area (Å²) in [7, 11) is 0. The van der Waals surface area contributed by atoms with Gasteiger partial charge in [0.1, 0.15) is 0 Å². The first-order chi connectivity index (χ1) is 10.1. The van der Waals surface area contributed by atoms with Crippen LogP contribution in [0.5, 0.6) is 0 Å². The SMILES string of the molecule is Cc1cccc(C2CNCCC2c2ccc(Br)cc2Cl)c1. The van der Waals surface area contributed by atoms with E-state index in [1.165, 1.54) is 16.7 Å². The highest BCUT2D eigenvalue weighted by Crippen LogP contribution is 2.40. The van der Waals surface area contributed by atoms with Crippen LogP contribution >= 0.6 is 27.5 Å². The molecule has 0 bridgehead atoms. The smallest absolute Gasteiger partial charge is 0.0452 e. The number of rotatable bonds is 2. The van der Waals surface area contributed by atoms with E-state index in [-0.39, 0.29) is 0 Å². The maximum atomic E-state index is 6.50. The summed E-state index contributed by atoms with van der Waals surface area (Å²) in [6, 6.07) is 15.1. The molecule has 1 aliphatic heterocycles. The molecule has 1 aliphatic rings. The fourth-order valence-corrected chi connectivity index (χ4v) is 4.10. The first kappa shape index (κ1) is 15.1. The number of piperidine rings is 1. The largest absolute Gasteiger partial charge is 0.316 e. The van der Waals surface area contributed by atoms with E-state index in [0.29, 0.717) is 11.8 Å². The molecule has 2 atom stereocenters. The van der Waals surface area contributed by atoms with Crippen LogP contribution in [-0.4, -0.2) is 13.1 Å². The standard InChI is InChI=1S/C18H19BrClN/c1-12-3-2-4-13(9-12)17-11-21-8-7-15(17)16-6-5-14(19)10-18(16)20/h2-6,9-10,15,17,21H,7-8,11H2,1H3. The molecule has 1 heterocycles. The van der Waals surface area contributed by atoms with Crippen molar-refractivity contribution in [2.24, 2.45) is 0 Å². The molecule has 2 aromatic carbocycles. The van der Waals surface area contributed by atoms with Crippen molar-refractivity contribution in [1.29, 1.82) is 0 Å². The number of aryl methyl sites for hydroxylation is 1. The van der Waals surface area contributed by atoms with Crippen LogP contribution in [0.2, 0.25) is 5.02 Å². The molecule has 2 aromatic rings. The molecule has 3 heteroatoms. The monoisotopic (exact) mass is 363 g/mol. The lowest BCUT2D eigenvalue weighted by Crippen LogP contribution is -2.34. The van der Waals surface area contributed by atoms with Crippen LogP contribution in [0.3, 0.4) is 0 Å². The predicted octanol–water partition coefficient (Wildman–Crippen LogP) is 5.27. The fraction of sp³-hybridized carbons (Fsp3) is 0.333. The van der Waals surface area contributed by atoms with Gasteiger partial charge in [-0.15, -0.1) is 0 Å². The molecule has 1 N–H and O–H groups in total. The van der Waals surface area contributed by atoms with E-state index < -0.39 is 0 Å². The van der Waals surface area contributed by atoms with Crippen LogP contribution in [0.1, 0.15) is 34.9 Å². The average molecular weight is 365 g/mol. The highest BCUT2D eigenvalue weighted by molar-refractivity contribution is 9.10. The van der Waals surface area contributed by atoms with Gasteiger partial charge in [0, 0.05) is 22.0 Å². The molecule has 0 spiro atoms. The molecule has 1 saturated heterocycles. The van der Waals surface area contributed by atoms with Gasteiger partial charge in [-0.1, -0.05) is 63.4 Å². The van der Waals surface area contributed by atoms with Gasteiger partial charge in [0.15, 0.2) is 0 Å². The second kappa shape index (κ2) is 6.51. The minimum Gasteiger partial charge on any atom is -0.316 e. The van der Waals surface area contributed by atoms with Gasteiger partial charge in [-0.25, -0.2) is 0 Å². The van der Waals surface area contributed by atoms with Gasteiger partial charge < -0.3 is 5.32 Å². The Kier molecular flexibility index (Phi) is 4.68. The van der Waals surface area contributed by atoms with Crippen LogP contribution in [0, 0.1) is 6.92 Å². The zero-order chi connectivity index (χ0) is 14.8. The third-order valence-electron chi connectivity index (χ3n) is 4.31. The summed E-state index contributed by atoms with van der Waals surface area (Å²) in [5, 5.41) is 4.40. The Bertz CT molecular complexity index is 641. The van der Waals surface area contributed by atoms with E-state index >= 15 is 0 Å². The van der Waals surface area contributed by atoms with E-state index in [0.717, 1.165) is 29.0 Å². The molecular formula is C18H19BrClN. The van der Waals surface area contributed by atoms with E-state index in [4.69, 9.17) is 11.6 Å². The van der Waals surface area contributed by atoms with Crippen molar-refractivity contribution in [3.05, 3.63) is 68.7 Å². The predicted molar refractivity (Wildman–Crippen MR) is 93.3 cm³/mol. The number of hydrogen-bond donors (Lipinski definition) is 1. The minimum atomic E-state index is 0.480. The van der Waals surface area contributed by atoms with Crippen molar-refractivity contribution in [3.63, 3.8) is 0 Å². The molecule has 1 fully saturated rings. The summed E-state index contributed by atoms with van der Waals surface area (Å²) < 4.78 is 1.04. The van der Waals surface area contributed by atoms with Crippen LogP contribution in [-0.2, 0) is 0 Å². The van der Waals surface area contributed by atoms with Gasteiger partial charge in [-0.05, 0) is 49.1 Å². The van der Waals surface area contributed by atoms with Gasteiger partial charge in [0.25, 0.3) is 0 Å². The molecule has 0 amide bonds. The maximum absolute atomic E-state index is 6.50. The number of nitrogens with one attached hydrogen (secondary N) is 1. The zero-order valence-electron chi connectivity index (χ0n) is 12.1. The highest BCUT2D eigenvalue weighted by atomic mass is 79.9. The van der Waals surface area contributed by atoms with Crippen LogP contribution < -0.4 is 5.32 Å². The average Bonchev–Trinajstić information content (AvgIpc) is 2.47. The Morgan fingerprint density at radius 2 is 2.00 bits per heavy atom. The number of halogens is 2. The Hall–Kier alpha value is -0.830. The van der Waals surface area contributed by atoms with Crippen LogP contribution in [0.25, 0.3) is 0 Å². The third kappa shape index (κ3) is 3.33. The molecule has 0 radical (unpaired) electrons. The topological polar surface area (TPSA) is 12.0 Å². The van der Waals surface area contributed by atoms with Gasteiger partial charge in [0.2, 0.25) is 0 Å². The second-order valence-corrected chi connectivity index (χ2v) is 7.11. The van der Waals surface area contributed by atoms with Crippen molar-refractivity contribution < 1.29 is 0 Å². The summed E-state index contributed by atoms with van der Waals surface area (Å²) in [6.45, 7) is 4.22. The first-order valence-corrected chi connectivity index (χ1v) is 8.54. The summed E-state index contributed by atoms with van der Waals surface area (Å²) in [4.78, 5) is 0. The molecule has 0 saturated carbocycles. The summed E-state index contributed by atoms with van der Waals surface area (Å²) >= 11 is 9.99. The van der Waals surface area contributed by atoms with E-state index in [9.17, 15) is 0 Å². The quantitative estimate of drug-likeness (QED) is 0.765. The Balaban J connectivity index is 1.98. The Labute approximate surface area is 139 Å². The van der Waals surface area contributed by atoms with Crippen molar-refractivity contribution in [3.8, 4) is 0 Å². The Morgan fingerprint density at radius 1 is 1.14 bits per heavy atom. The van der Waals surface area contributed by atoms with Crippen molar-refractivity contribution >= 4 is 27.5 Å². The molecule has 110 valence electrons. The summed E-state index contributed by atoms with van der Waals surface area (Å²) in [5.41, 5.74) is 4.00. The lowest BCUT2D eigenvalue weighted by molar-refractivity contribution is 0.404. The highest BCUT2D eigenvalue weighted by Gasteiger charge is 2.29. The Morgan fingerprint density at radius 3 is 2.76 bits per heavy atom. The molecule has 1 nitrogen and oxygen atoms in total. The number of hydrogen-bond acceptors (Lipinski definition) is 1. The maximum Gasteiger partial charge on any atom is 0.0452 e. The van der Waals surface area contributed by atoms with Crippen LogP contribution in [0.4, 0.5) is 0 Å². The summed E-state index contributed by atoms with van der Waals surface area (Å²) in [5.74, 6) is 0.964. The van der Waals surface area contributed by atoms with E-state index in [1.807, 2.05) is 6.07 Å². The van der Waals surface area contributed by atoms with E-state index in [2.05, 4.69) is 64.6 Å². The fourth-order valence-electron chi connectivity index (χ4n) is 3.28. The molecular weight excluding hydrogens is 346 g/mol.